The summed E-state index contributed by atoms with van der Waals surface area (Å²) in [6.07, 6.45) is -2.90. The van der Waals surface area contributed by atoms with E-state index < -0.39 is 26.5 Å². The van der Waals surface area contributed by atoms with Gasteiger partial charge >= 0.3 is 0 Å². The highest BCUT2D eigenvalue weighted by Gasteiger charge is 2.19. The van der Waals surface area contributed by atoms with Crippen molar-refractivity contribution in [1.82, 2.24) is 15.2 Å². The van der Waals surface area contributed by atoms with Gasteiger partial charge in [-0.3, -0.25) is 0 Å². The first kappa shape index (κ1) is 9.33. The molecule has 0 amide bonds. The summed E-state index contributed by atoms with van der Waals surface area (Å²) in [5.74, 6) is -0.825. The number of H-pyrrole nitrogens is 1. The first-order chi connectivity index (χ1) is 5.41. The molecule has 68 valence electrons. The van der Waals surface area contributed by atoms with Crippen LogP contribution in [0.3, 0.4) is 0 Å². The first-order valence-corrected chi connectivity index (χ1v) is 4.87. The molecule has 0 aliphatic rings. The topological polar surface area (TPSA) is 75.7 Å². The molecule has 0 saturated heterocycles. The number of aromatic amines is 1. The van der Waals surface area contributed by atoms with Gasteiger partial charge in [-0.2, -0.15) is 0 Å². The fourth-order valence-electron chi connectivity index (χ4n) is 0.467. The van der Waals surface area contributed by atoms with Gasteiger partial charge in [-0.25, -0.2) is 17.2 Å². The van der Waals surface area contributed by atoms with Gasteiger partial charge in [0.2, 0.25) is 0 Å². The maximum Gasteiger partial charge on any atom is 0.297 e. The maximum atomic E-state index is 11.8. The lowest BCUT2D eigenvalue weighted by atomic mass is 10.7. The molecule has 0 atom stereocenters. The predicted molar refractivity (Wildman–Crippen MR) is 34.4 cm³/mol. The molecule has 0 aliphatic carbocycles. The first-order valence-electron chi connectivity index (χ1n) is 2.56. The van der Waals surface area contributed by atoms with Crippen LogP contribution < -0.4 is 0 Å². The molecule has 1 aromatic heterocycles. The SMILES string of the molecule is O=S(=O)(Cl)c1nnc(C(F)F)[nH]1. The molecule has 0 spiro atoms. The number of alkyl halides is 2. The third-order valence-electron chi connectivity index (χ3n) is 0.921. The van der Waals surface area contributed by atoms with Crippen molar-refractivity contribution >= 4 is 19.7 Å². The van der Waals surface area contributed by atoms with Gasteiger partial charge in [-0.05, 0) is 0 Å². The van der Waals surface area contributed by atoms with E-state index in [1.54, 1.807) is 4.98 Å². The van der Waals surface area contributed by atoms with Crippen LogP contribution in [0.4, 0.5) is 8.78 Å². The average molecular weight is 218 g/mol. The van der Waals surface area contributed by atoms with E-state index in [2.05, 4.69) is 10.2 Å². The molecule has 1 N–H and O–H groups in total. The molecule has 0 radical (unpaired) electrons. The number of aromatic nitrogens is 3. The van der Waals surface area contributed by atoms with Crippen molar-refractivity contribution in [2.75, 3.05) is 0 Å². The Kier molecular flexibility index (Phi) is 2.29. The highest BCUT2D eigenvalue weighted by molar-refractivity contribution is 8.13. The molecule has 1 rings (SSSR count). The number of nitrogens with zero attached hydrogens (tertiary/aromatic N) is 2. The number of hydrogen-bond donors (Lipinski definition) is 1. The number of hydrogen-bond acceptors (Lipinski definition) is 4. The van der Waals surface area contributed by atoms with E-state index in [0.29, 0.717) is 0 Å². The van der Waals surface area contributed by atoms with Gasteiger partial charge < -0.3 is 4.98 Å². The van der Waals surface area contributed by atoms with Crippen molar-refractivity contribution in [3.63, 3.8) is 0 Å². The lowest BCUT2D eigenvalue weighted by molar-refractivity contribution is 0.140. The molecule has 0 saturated carbocycles. The molecule has 0 fully saturated rings. The highest BCUT2D eigenvalue weighted by atomic mass is 35.7. The van der Waals surface area contributed by atoms with Crippen LogP contribution in [0.15, 0.2) is 5.16 Å². The van der Waals surface area contributed by atoms with Crippen LogP contribution in [0.2, 0.25) is 0 Å². The molecule has 1 heterocycles. The van der Waals surface area contributed by atoms with Crippen molar-refractivity contribution in [3.8, 4) is 0 Å². The fourth-order valence-corrected chi connectivity index (χ4v) is 1.04. The highest BCUT2D eigenvalue weighted by Crippen LogP contribution is 2.16. The van der Waals surface area contributed by atoms with Gasteiger partial charge in [0.05, 0.1) is 0 Å². The van der Waals surface area contributed by atoms with Gasteiger partial charge in [0.15, 0.2) is 5.82 Å². The molecule has 12 heavy (non-hydrogen) atoms. The minimum absolute atomic E-state index is 0.778. The zero-order valence-corrected chi connectivity index (χ0v) is 6.90. The second-order valence-electron chi connectivity index (χ2n) is 1.75. The van der Waals surface area contributed by atoms with Crippen LogP contribution in [0, 0.1) is 0 Å². The summed E-state index contributed by atoms with van der Waals surface area (Å²) in [5.41, 5.74) is 0. The second kappa shape index (κ2) is 2.94. The molecule has 0 aromatic carbocycles. The van der Waals surface area contributed by atoms with Crippen molar-refractivity contribution in [2.24, 2.45) is 0 Å². The van der Waals surface area contributed by atoms with Gasteiger partial charge in [0, 0.05) is 10.7 Å². The van der Waals surface area contributed by atoms with Gasteiger partial charge in [0.25, 0.3) is 20.6 Å². The quantitative estimate of drug-likeness (QED) is 0.739. The number of rotatable bonds is 2. The Morgan fingerprint density at radius 1 is 1.42 bits per heavy atom. The van der Waals surface area contributed by atoms with Crippen molar-refractivity contribution in [1.29, 1.82) is 0 Å². The Bertz CT molecular complexity index is 375. The third kappa shape index (κ3) is 1.89. The van der Waals surface area contributed by atoms with Crippen molar-refractivity contribution in [3.05, 3.63) is 5.82 Å². The molecular weight excluding hydrogens is 216 g/mol. The number of nitrogens with one attached hydrogen (secondary N) is 1. The fraction of sp³-hybridized carbons (Fsp3) is 0.333. The van der Waals surface area contributed by atoms with Gasteiger partial charge in [0.1, 0.15) is 0 Å². The molecular formula is C3H2ClF2N3O2S. The predicted octanol–water partition coefficient (Wildman–Crippen LogP) is 0.670. The summed E-state index contributed by atoms with van der Waals surface area (Å²) < 4.78 is 44.5. The monoisotopic (exact) mass is 217 g/mol. The number of halogens is 3. The van der Waals surface area contributed by atoms with E-state index in [9.17, 15) is 17.2 Å². The summed E-state index contributed by atoms with van der Waals surface area (Å²) >= 11 is 0. The summed E-state index contributed by atoms with van der Waals surface area (Å²) in [5, 5.41) is 4.99. The minimum atomic E-state index is -4.11. The Balaban J connectivity index is 3.09. The van der Waals surface area contributed by atoms with E-state index in [1.807, 2.05) is 0 Å². The van der Waals surface area contributed by atoms with E-state index in [4.69, 9.17) is 10.7 Å². The minimum Gasteiger partial charge on any atom is -0.310 e. The lowest BCUT2D eigenvalue weighted by Crippen LogP contribution is -1.93. The van der Waals surface area contributed by atoms with E-state index >= 15 is 0 Å². The smallest absolute Gasteiger partial charge is 0.297 e. The molecule has 9 heteroatoms. The van der Waals surface area contributed by atoms with Crippen molar-refractivity contribution < 1.29 is 17.2 Å². The van der Waals surface area contributed by atoms with Crippen LogP contribution in [-0.2, 0) is 9.05 Å². The summed E-state index contributed by atoms with van der Waals surface area (Å²) in [7, 11) is 0.664. The zero-order chi connectivity index (χ0) is 9.35. The molecule has 0 unspecified atom stereocenters. The largest absolute Gasteiger partial charge is 0.310 e. The Labute approximate surface area is 70.2 Å². The molecule has 5 nitrogen and oxygen atoms in total. The normalized spacial score (nSPS) is 12.3. The maximum absolute atomic E-state index is 11.8. The van der Waals surface area contributed by atoms with Crippen LogP contribution in [0.25, 0.3) is 0 Å². The van der Waals surface area contributed by atoms with E-state index in [0.717, 1.165) is 0 Å². The van der Waals surface area contributed by atoms with Crippen LogP contribution in [-0.4, -0.2) is 23.6 Å². The van der Waals surface area contributed by atoms with Crippen molar-refractivity contribution in [2.45, 2.75) is 11.6 Å². The second-order valence-corrected chi connectivity index (χ2v) is 4.24. The average Bonchev–Trinajstić information content (AvgIpc) is 2.30. The van der Waals surface area contributed by atoms with Crippen LogP contribution in [0.5, 0.6) is 0 Å². The standard InChI is InChI=1S/C3H2ClF2N3O2S/c4-12(10,11)3-7-2(1(5)6)8-9-3/h1H,(H,7,8,9). The molecule has 0 bridgehead atoms. The summed E-state index contributed by atoms with van der Waals surface area (Å²) in [6.45, 7) is 0. The summed E-state index contributed by atoms with van der Waals surface area (Å²) in [4.78, 5) is 1.76. The third-order valence-corrected chi connectivity index (χ3v) is 2.01. The van der Waals surface area contributed by atoms with Crippen LogP contribution in [0.1, 0.15) is 12.2 Å². The molecule has 1 aromatic rings. The molecule has 0 aliphatic heterocycles. The van der Waals surface area contributed by atoms with Crippen LogP contribution >= 0.6 is 10.7 Å². The lowest BCUT2D eigenvalue weighted by Gasteiger charge is -1.88. The summed E-state index contributed by atoms with van der Waals surface area (Å²) in [6, 6.07) is 0. The zero-order valence-electron chi connectivity index (χ0n) is 5.33. The Morgan fingerprint density at radius 3 is 2.25 bits per heavy atom. The van der Waals surface area contributed by atoms with Gasteiger partial charge in [-0.15, -0.1) is 10.2 Å². The Hall–Kier alpha value is -0.760. The van der Waals surface area contributed by atoms with E-state index in [-0.39, 0.29) is 0 Å². The van der Waals surface area contributed by atoms with E-state index in [1.165, 1.54) is 0 Å². The Morgan fingerprint density at radius 2 is 2.00 bits per heavy atom. The van der Waals surface area contributed by atoms with Gasteiger partial charge in [-0.1, -0.05) is 0 Å².